The number of rotatable bonds is 4. The second-order valence-corrected chi connectivity index (χ2v) is 6.62. The number of hydrogen-bond donors (Lipinski definition) is 1. The Morgan fingerprint density at radius 1 is 1.04 bits per heavy atom. The van der Waals surface area contributed by atoms with Crippen molar-refractivity contribution in [1.82, 2.24) is 15.0 Å². The van der Waals surface area contributed by atoms with E-state index in [0.717, 1.165) is 37.6 Å². The first-order chi connectivity index (χ1) is 11.3. The molecule has 0 unspecified atom stereocenters. The van der Waals surface area contributed by atoms with Gasteiger partial charge < -0.3 is 10.1 Å². The molecule has 0 fully saturated rings. The van der Waals surface area contributed by atoms with E-state index in [9.17, 15) is 0 Å². The number of benzene rings is 1. The minimum Gasteiger partial charge on any atom is -0.497 e. The fraction of sp³-hybridized carbons (Fsp3) is 0.0625. The van der Waals surface area contributed by atoms with Crippen molar-refractivity contribution >= 4 is 43.2 Å². The molecule has 0 aliphatic heterocycles. The van der Waals surface area contributed by atoms with Gasteiger partial charge in [-0.1, -0.05) is 17.4 Å². The van der Waals surface area contributed by atoms with Crippen molar-refractivity contribution in [2.24, 2.45) is 0 Å². The molecule has 4 aromatic rings. The van der Waals surface area contributed by atoms with E-state index < -0.39 is 0 Å². The summed E-state index contributed by atoms with van der Waals surface area (Å²) in [6.07, 6.45) is 1.77. The van der Waals surface area contributed by atoms with Crippen molar-refractivity contribution in [1.29, 1.82) is 0 Å². The minimum absolute atomic E-state index is 0.802. The molecule has 0 radical (unpaired) electrons. The summed E-state index contributed by atoms with van der Waals surface area (Å²) in [6, 6.07) is 11.7. The van der Waals surface area contributed by atoms with Crippen LogP contribution in [0.25, 0.3) is 21.6 Å². The average Bonchev–Trinajstić information content (AvgIpc) is 3.21. The normalized spacial score (nSPS) is 10.8. The fourth-order valence-electron chi connectivity index (χ4n) is 2.14. The van der Waals surface area contributed by atoms with E-state index in [1.165, 1.54) is 11.3 Å². The van der Waals surface area contributed by atoms with Gasteiger partial charge in [0.15, 0.2) is 10.3 Å². The second-order valence-electron chi connectivity index (χ2n) is 4.73. The predicted octanol–water partition coefficient (Wildman–Crippen LogP) is 4.57. The number of methoxy groups -OCH3 is 1. The molecule has 1 aromatic carbocycles. The van der Waals surface area contributed by atoms with Crippen molar-refractivity contribution in [2.45, 2.75) is 0 Å². The summed E-state index contributed by atoms with van der Waals surface area (Å²) < 4.78 is 6.34. The third-order valence-electron chi connectivity index (χ3n) is 3.24. The zero-order chi connectivity index (χ0) is 15.6. The zero-order valence-electron chi connectivity index (χ0n) is 12.2. The number of hydrogen-bond acceptors (Lipinski definition) is 7. The van der Waals surface area contributed by atoms with Crippen molar-refractivity contribution in [2.75, 3.05) is 12.4 Å². The molecule has 7 heteroatoms. The molecule has 114 valence electrons. The third kappa shape index (κ3) is 2.88. The van der Waals surface area contributed by atoms with Crippen LogP contribution in [-0.4, -0.2) is 22.1 Å². The van der Waals surface area contributed by atoms with Crippen LogP contribution >= 0.6 is 22.7 Å². The quantitative estimate of drug-likeness (QED) is 0.590. The SMILES string of the molecule is COc1ccc2sc(Nc3nc(-c4ccccn4)cs3)nc2c1. The summed E-state index contributed by atoms with van der Waals surface area (Å²) >= 11 is 3.13. The highest BCUT2D eigenvalue weighted by atomic mass is 32.1. The molecule has 0 amide bonds. The summed E-state index contributed by atoms with van der Waals surface area (Å²) in [5.41, 5.74) is 2.64. The van der Waals surface area contributed by atoms with Gasteiger partial charge in [0.2, 0.25) is 0 Å². The number of pyridine rings is 1. The van der Waals surface area contributed by atoms with Gasteiger partial charge in [-0.15, -0.1) is 11.3 Å². The number of aromatic nitrogens is 3. The molecule has 23 heavy (non-hydrogen) atoms. The number of ether oxygens (including phenoxy) is 1. The second kappa shape index (κ2) is 5.94. The van der Waals surface area contributed by atoms with Crippen LogP contribution in [0.15, 0.2) is 48.0 Å². The summed E-state index contributed by atoms with van der Waals surface area (Å²) in [7, 11) is 1.65. The number of nitrogens with zero attached hydrogens (tertiary/aromatic N) is 3. The Labute approximate surface area is 140 Å². The Bertz CT molecular complexity index is 949. The largest absolute Gasteiger partial charge is 0.497 e. The van der Waals surface area contributed by atoms with Crippen LogP contribution in [0.2, 0.25) is 0 Å². The first-order valence-electron chi connectivity index (χ1n) is 6.90. The highest BCUT2D eigenvalue weighted by Crippen LogP contribution is 2.32. The molecule has 4 rings (SSSR count). The van der Waals surface area contributed by atoms with Crippen molar-refractivity contribution in [3.8, 4) is 17.1 Å². The van der Waals surface area contributed by atoms with Gasteiger partial charge in [-0.2, -0.15) is 0 Å². The smallest absolute Gasteiger partial charge is 0.190 e. The van der Waals surface area contributed by atoms with Crippen molar-refractivity contribution < 1.29 is 4.74 Å². The van der Waals surface area contributed by atoms with Crippen LogP contribution in [0, 0.1) is 0 Å². The highest BCUT2D eigenvalue weighted by molar-refractivity contribution is 7.22. The Kier molecular flexibility index (Phi) is 3.64. The van der Waals surface area contributed by atoms with Crippen LogP contribution in [0.5, 0.6) is 5.75 Å². The van der Waals surface area contributed by atoms with E-state index >= 15 is 0 Å². The monoisotopic (exact) mass is 340 g/mol. The van der Waals surface area contributed by atoms with Crippen LogP contribution in [0.4, 0.5) is 10.3 Å². The lowest BCUT2D eigenvalue weighted by molar-refractivity contribution is 0.415. The Balaban J connectivity index is 1.60. The molecule has 5 nitrogen and oxygen atoms in total. The van der Waals surface area contributed by atoms with Gasteiger partial charge in [0.25, 0.3) is 0 Å². The standard InChI is InChI=1S/C16H12N4OS2/c1-21-10-5-6-14-12(8-10)18-16(23-14)20-15-19-13(9-22-15)11-4-2-3-7-17-11/h2-9H,1H3,(H,18,19,20). The van der Waals surface area contributed by atoms with Crippen LogP contribution in [0.1, 0.15) is 0 Å². The van der Waals surface area contributed by atoms with Crippen LogP contribution in [0.3, 0.4) is 0 Å². The summed E-state index contributed by atoms with van der Waals surface area (Å²) in [6.45, 7) is 0. The maximum absolute atomic E-state index is 5.23. The molecule has 1 N–H and O–H groups in total. The van der Waals surface area contributed by atoms with E-state index in [2.05, 4.69) is 20.3 Å². The van der Waals surface area contributed by atoms with Gasteiger partial charge in [-0.25, -0.2) is 9.97 Å². The molecule has 0 saturated heterocycles. The fourth-order valence-corrected chi connectivity index (χ4v) is 3.76. The topological polar surface area (TPSA) is 59.9 Å². The zero-order valence-corrected chi connectivity index (χ0v) is 13.8. The van der Waals surface area contributed by atoms with Gasteiger partial charge >= 0.3 is 0 Å². The summed E-state index contributed by atoms with van der Waals surface area (Å²) in [5, 5.41) is 6.87. The van der Waals surface area contributed by atoms with Gasteiger partial charge in [0.05, 0.1) is 23.0 Å². The average molecular weight is 340 g/mol. The highest BCUT2D eigenvalue weighted by Gasteiger charge is 2.09. The molecule has 3 heterocycles. The summed E-state index contributed by atoms with van der Waals surface area (Å²) in [4.78, 5) is 13.5. The number of thiazole rings is 2. The van der Waals surface area contributed by atoms with E-state index in [1.54, 1.807) is 24.6 Å². The first kappa shape index (κ1) is 14.1. The van der Waals surface area contributed by atoms with E-state index in [4.69, 9.17) is 4.74 Å². The van der Waals surface area contributed by atoms with Gasteiger partial charge in [-0.05, 0) is 24.3 Å². The molecule has 0 spiro atoms. The van der Waals surface area contributed by atoms with Gasteiger partial charge in [-0.3, -0.25) is 4.98 Å². The Morgan fingerprint density at radius 3 is 2.83 bits per heavy atom. The van der Waals surface area contributed by atoms with Crippen molar-refractivity contribution in [3.63, 3.8) is 0 Å². The lowest BCUT2D eigenvalue weighted by Crippen LogP contribution is -1.89. The molecule has 0 bridgehead atoms. The van der Waals surface area contributed by atoms with E-state index in [-0.39, 0.29) is 0 Å². The molecule has 0 atom stereocenters. The van der Waals surface area contributed by atoms with E-state index in [1.807, 2.05) is 41.8 Å². The maximum atomic E-state index is 5.23. The Morgan fingerprint density at radius 2 is 2.00 bits per heavy atom. The lowest BCUT2D eigenvalue weighted by atomic mass is 10.3. The third-order valence-corrected chi connectivity index (χ3v) is 4.95. The van der Waals surface area contributed by atoms with Crippen LogP contribution < -0.4 is 10.1 Å². The van der Waals surface area contributed by atoms with Crippen LogP contribution in [-0.2, 0) is 0 Å². The molecule has 3 aromatic heterocycles. The van der Waals surface area contributed by atoms with Crippen molar-refractivity contribution in [3.05, 3.63) is 48.0 Å². The van der Waals surface area contributed by atoms with Gasteiger partial charge in [0.1, 0.15) is 11.4 Å². The van der Waals surface area contributed by atoms with E-state index in [0.29, 0.717) is 0 Å². The molecule has 0 saturated carbocycles. The minimum atomic E-state index is 0.802. The number of fused-ring (bicyclic) bond motifs is 1. The molecule has 0 aliphatic carbocycles. The molecular formula is C16H12N4OS2. The lowest BCUT2D eigenvalue weighted by Gasteiger charge is -1.96. The predicted molar refractivity (Wildman–Crippen MR) is 94.8 cm³/mol. The summed E-state index contributed by atoms with van der Waals surface area (Å²) in [5.74, 6) is 0.807. The number of nitrogens with one attached hydrogen (secondary N) is 1. The Hall–Kier alpha value is -2.51. The van der Waals surface area contributed by atoms with Gasteiger partial charge in [0, 0.05) is 17.6 Å². The molecular weight excluding hydrogens is 328 g/mol. The number of anilines is 2. The first-order valence-corrected chi connectivity index (χ1v) is 8.60. The molecule has 0 aliphatic rings. The maximum Gasteiger partial charge on any atom is 0.190 e.